The Hall–Kier alpha value is -2.46. The highest BCUT2D eigenvalue weighted by molar-refractivity contribution is 7.89. The van der Waals surface area contributed by atoms with Crippen LogP contribution >= 0.6 is 0 Å². The van der Waals surface area contributed by atoms with Gasteiger partial charge in [0, 0.05) is 56.1 Å². The first-order valence-corrected chi connectivity index (χ1v) is 10.9. The number of nitro benzene ring substituents is 1. The largest absolute Gasteiger partial charge is 0.370 e. The summed E-state index contributed by atoms with van der Waals surface area (Å²) in [6.07, 6.45) is 5.10. The van der Waals surface area contributed by atoms with Gasteiger partial charge in [-0.3, -0.25) is 15.2 Å². The van der Waals surface area contributed by atoms with Crippen LogP contribution in [0.5, 0.6) is 0 Å². The number of nitrogens with one attached hydrogen (secondary N) is 1. The van der Waals surface area contributed by atoms with Crippen molar-refractivity contribution in [2.75, 3.05) is 31.1 Å². The first kappa shape index (κ1) is 18.9. The number of benzene rings is 1. The molecule has 0 bridgehead atoms. The summed E-state index contributed by atoms with van der Waals surface area (Å²) >= 11 is 0. The first-order chi connectivity index (χ1) is 13.5. The van der Waals surface area contributed by atoms with E-state index < -0.39 is 14.9 Å². The number of nitro groups is 1. The van der Waals surface area contributed by atoms with Gasteiger partial charge in [-0.15, -0.1) is 0 Å². The fourth-order valence-electron chi connectivity index (χ4n) is 4.08. The highest BCUT2D eigenvalue weighted by atomic mass is 32.2. The van der Waals surface area contributed by atoms with Crippen molar-refractivity contribution in [1.29, 1.82) is 0 Å². The molecule has 150 valence electrons. The second kappa shape index (κ2) is 7.51. The fourth-order valence-corrected chi connectivity index (χ4v) is 5.83. The molecule has 0 aliphatic carbocycles. The summed E-state index contributed by atoms with van der Waals surface area (Å²) < 4.78 is 27.8. The van der Waals surface area contributed by atoms with Gasteiger partial charge >= 0.3 is 0 Å². The van der Waals surface area contributed by atoms with E-state index in [1.165, 1.54) is 16.4 Å². The van der Waals surface area contributed by atoms with Gasteiger partial charge in [0.25, 0.3) is 5.69 Å². The van der Waals surface area contributed by atoms with Crippen molar-refractivity contribution in [3.63, 3.8) is 0 Å². The van der Waals surface area contributed by atoms with Gasteiger partial charge in [-0.1, -0.05) is 0 Å². The van der Waals surface area contributed by atoms with Gasteiger partial charge in [0.2, 0.25) is 10.0 Å². The zero-order valence-electron chi connectivity index (χ0n) is 15.5. The molecule has 2 fully saturated rings. The summed E-state index contributed by atoms with van der Waals surface area (Å²) in [6.45, 7) is 2.30. The second-order valence-corrected chi connectivity index (χ2v) is 9.20. The molecule has 0 radical (unpaired) electrons. The lowest BCUT2D eigenvalue weighted by molar-refractivity contribution is -0.385. The van der Waals surface area contributed by atoms with Crippen LogP contribution in [0.1, 0.15) is 37.3 Å². The van der Waals surface area contributed by atoms with E-state index in [2.05, 4.69) is 10.2 Å². The van der Waals surface area contributed by atoms with Crippen LogP contribution in [0.25, 0.3) is 0 Å². The zero-order chi connectivity index (χ0) is 19.7. The third kappa shape index (κ3) is 3.49. The van der Waals surface area contributed by atoms with Crippen LogP contribution in [0, 0.1) is 10.1 Å². The lowest BCUT2D eigenvalue weighted by atomic mass is 9.93. The van der Waals surface area contributed by atoms with E-state index in [0.717, 1.165) is 31.4 Å². The summed E-state index contributed by atoms with van der Waals surface area (Å²) in [5, 5.41) is 18.2. The number of aromatic nitrogens is 2. The van der Waals surface area contributed by atoms with Gasteiger partial charge in [-0.2, -0.15) is 9.40 Å². The summed E-state index contributed by atoms with van der Waals surface area (Å²) in [5.41, 5.74) is 1.45. The highest BCUT2D eigenvalue weighted by Gasteiger charge is 2.33. The Balaban J connectivity index is 1.64. The van der Waals surface area contributed by atoms with Crippen molar-refractivity contribution in [3.05, 3.63) is 46.3 Å². The number of H-pyrrole nitrogens is 1. The Kier molecular flexibility index (Phi) is 5.07. The van der Waals surface area contributed by atoms with Crippen LogP contribution in [-0.4, -0.2) is 54.0 Å². The van der Waals surface area contributed by atoms with Gasteiger partial charge in [0.05, 0.1) is 10.6 Å². The molecule has 0 amide bonds. The highest BCUT2D eigenvalue weighted by Crippen LogP contribution is 2.36. The van der Waals surface area contributed by atoms with Crippen LogP contribution in [-0.2, 0) is 10.0 Å². The average molecular weight is 405 g/mol. The molecule has 9 nitrogen and oxygen atoms in total. The number of sulfonamides is 1. The molecule has 1 aromatic carbocycles. The molecule has 2 saturated heterocycles. The molecular formula is C18H23N5O4S. The number of anilines is 1. The Morgan fingerprint density at radius 1 is 1.11 bits per heavy atom. The molecule has 2 aromatic rings. The number of piperidine rings is 1. The smallest absolute Gasteiger partial charge is 0.270 e. The predicted octanol–water partition coefficient (Wildman–Crippen LogP) is 2.49. The zero-order valence-corrected chi connectivity index (χ0v) is 16.3. The van der Waals surface area contributed by atoms with Crippen LogP contribution in [0.2, 0.25) is 0 Å². The van der Waals surface area contributed by atoms with E-state index in [1.54, 1.807) is 12.3 Å². The second-order valence-electron chi connectivity index (χ2n) is 7.29. The standard InChI is InChI=1S/C18H23N5O4S/c24-23(25)15-3-4-17(18(13-15)28(26,27)22-9-1-2-10-22)21-11-6-14(7-12-21)16-5-8-19-20-16/h3-5,8,13-14H,1-2,6-7,9-12H2,(H,19,20). The van der Waals surface area contributed by atoms with Crippen molar-refractivity contribution in [2.24, 2.45) is 0 Å². The van der Waals surface area contributed by atoms with Gasteiger partial charge in [0.15, 0.2) is 0 Å². The van der Waals surface area contributed by atoms with E-state index >= 15 is 0 Å². The van der Waals surface area contributed by atoms with Gasteiger partial charge in [0.1, 0.15) is 4.90 Å². The third-order valence-corrected chi connectivity index (χ3v) is 7.56. The Bertz CT molecular complexity index is 946. The number of non-ortho nitro benzene ring substituents is 1. The number of hydrogen-bond donors (Lipinski definition) is 1. The van der Waals surface area contributed by atoms with Crippen molar-refractivity contribution in [2.45, 2.75) is 36.5 Å². The quantitative estimate of drug-likeness (QED) is 0.604. The van der Waals surface area contributed by atoms with Crippen molar-refractivity contribution in [3.8, 4) is 0 Å². The van der Waals surface area contributed by atoms with Crippen LogP contribution in [0.4, 0.5) is 11.4 Å². The van der Waals surface area contributed by atoms with E-state index in [1.807, 2.05) is 11.0 Å². The van der Waals surface area contributed by atoms with Gasteiger partial charge in [-0.25, -0.2) is 8.42 Å². The van der Waals surface area contributed by atoms with Crippen molar-refractivity contribution < 1.29 is 13.3 Å². The number of nitrogens with zero attached hydrogens (tertiary/aromatic N) is 4. The molecule has 2 aliphatic heterocycles. The van der Waals surface area contributed by atoms with E-state index in [0.29, 0.717) is 37.8 Å². The molecule has 10 heteroatoms. The maximum Gasteiger partial charge on any atom is 0.270 e. The lowest BCUT2D eigenvalue weighted by Crippen LogP contribution is -2.35. The third-order valence-electron chi connectivity index (χ3n) is 5.63. The number of aromatic amines is 1. The van der Waals surface area contributed by atoms with E-state index in [4.69, 9.17) is 0 Å². The first-order valence-electron chi connectivity index (χ1n) is 9.49. The van der Waals surface area contributed by atoms with Crippen molar-refractivity contribution >= 4 is 21.4 Å². The van der Waals surface area contributed by atoms with Crippen LogP contribution in [0.15, 0.2) is 35.4 Å². The normalized spacial score (nSPS) is 19.2. The van der Waals surface area contributed by atoms with E-state index in [-0.39, 0.29) is 10.6 Å². The molecule has 0 saturated carbocycles. The molecule has 4 rings (SSSR count). The molecule has 1 aromatic heterocycles. The molecule has 28 heavy (non-hydrogen) atoms. The fraction of sp³-hybridized carbons (Fsp3) is 0.500. The lowest BCUT2D eigenvalue weighted by Gasteiger charge is -2.34. The Morgan fingerprint density at radius 3 is 2.43 bits per heavy atom. The van der Waals surface area contributed by atoms with Crippen LogP contribution < -0.4 is 4.90 Å². The molecule has 0 unspecified atom stereocenters. The monoisotopic (exact) mass is 405 g/mol. The summed E-state index contributed by atoms with van der Waals surface area (Å²) in [7, 11) is -3.76. The minimum Gasteiger partial charge on any atom is -0.370 e. The maximum atomic E-state index is 13.2. The molecule has 2 aliphatic rings. The molecule has 0 atom stereocenters. The Labute approximate surface area is 163 Å². The van der Waals surface area contributed by atoms with Crippen LogP contribution in [0.3, 0.4) is 0 Å². The molecular weight excluding hydrogens is 382 g/mol. The van der Waals surface area contributed by atoms with Crippen molar-refractivity contribution in [1.82, 2.24) is 14.5 Å². The molecule has 3 heterocycles. The topological polar surface area (TPSA) is 112 Å². The Morgan fingerprint density at radius 2 is 1.82 bits per heavy atom. The molecule has 0 spiro atoms. The van der Waals surface area contributed by atoms with E-state index in [9.17, 15) is 18.5 Å². The summed E-state index contributed by atoms with van der Waals surface area (Å²) in [6, 6.07) is 6.15. The molecule has 1 N–H and O–H groups in total. The van der Waals surface area contributed by atoms with Gasteiger partial charge < -0.3 is 4.90 Å². The minimum absolute atomic E-state index is 0.0450. The predicted molar refractivity (Wildman–Crippen MR) is 104 cm³/mol. The number of hydrogen-bond acceptors (Lipinski definition) is 6. The summed E-state index contributed by atoms with van der Waals surface area (Å²) in [4.78, 5) is 12.8. The van der Waals surface area contributed by atoms with Gasteiger partial charge in [-0.05, 0) is 37.8 Å². The summed E-state index contributed by atoms with van der Waals surface area (Å²) in [5.74, 6) is 0.357. The SMILES string of the molecule is O=[N+]([O-])c1ccc(N2CCC(c3ccn[nH]3)CC2)c(S(=O)(=O)N2CCCC2)c1. The average Bonchev–Trinajstić information content (AvgIpc) is 3.42. The number of rotatable bonds is 5. The maximum absolute atomic E-state index is 13.2. The minimum atomic E-state index is -3.76.